The van der Waals surface area contributed by atoms with Gasteiger partial charge in [0.15, 0.2) is 0 Å². The molecule has 21 heavy (non-hydrogen) atoms. The average Bonchev–Trinajstić information content (AvgIpc) is 3.16. The number of thiophene rings is 1. The summed E-state index contributed by atoms with van der Waals surface area (Å²) >= 11 is 1.67. The largest absolute Gasteiger partial charge is 0.370 e. The minimum atomic E-state index is 0.289. The Hall–Kier alpha value is -1.95. The number of rotatable bonds is 6. The van der Waals surface area contributed by atoms with Crippen LogP contribution in [-0.2, 0) is 4.79 Å². The number of hydrogen-bond acceptors (Lipinski definition) is 5. The predicted octanol–water partition coefficient (Wildman–Crippen LogP) is 2.63. The van der Waals surface area contributed by atoms with Crippen molar-refractivity contribution in [3.05, 3.63) is 29.9 Å². The van der Waals surface area contributed by atoms with Crippen molar-refractivity contribution < 1.29 is 4.79 Å². The molecule has 3 heterocycles. The van der Waals surface area contributed by atoms with Gasteiger partial charge in [-0.1, -0.05) is 6.07 Å². The molecular formula is C15H18N4OS. The molecule has 0 atom stereocenters. The summed E-state index contributed by atoms with van der Waals surface area (Å²) in [5.41, 5.74) is 0.942. The van der Waals surface area contributed by atoms with Crippen molar-refractivity contribution in [2.24, 2.45) is 0 Å². The zero-order valence-corrected chi connectivity index (χ0v) is 12.6. The molecule has 1 N–H and O–H groups in total. The third-order valence-corrected chi connectivity index (χ3v) is 4.42. The number of nitrogens with zero attached hydrogens (tertiary/aromatic N) is 3. The Bertz CT molecular complexity index is 599. The van der Waals surface area contributed by atoms with Gasteiger partial charge >= 0.3 is 0 Å². The molecule has 2 aromatic heterocycles. The van der Waals surface area contributed by atoms with Gasteiger partial charge in [-0.25, -0.2) is 9.97 Å². The third kappa shape index (κ3) is 3.58. The molecule has 0 radical (unpaired) electrons. The van der Waals surface area contributed by atoms with E-state index in [1.165, 1.54) is 0 Å². The van der Waals surface area contributed by atoms with Gasteiger partial charge < -0.3 is 10.2 Å². The Morgan fingerprint density at radius 1 is 1.38 bits per heavy atom. The van der Waals surface area contributed by atoms with E-state index in [1.54, 1.807) is 17.7 Å². The number of anilines is 1. The van der Waals surface area contributed by atoms with E-state index < -0.39 is 0 Å². The molecule has 0 saturated carbocycles. The Morgan fingerprint density at radius 2 is 2.33 bits per heavy atom. The van der Waals surface area contributed by atoms with E-state index in [2.05, 4.69) is 21.4 Å². The number of hydrogen-bond donors (Lipinski definition) is 1. The second-order valence-electron chi connectivity index (χ2n) is 5.03. The van der Waals surface area contributed by atoms with E-state index in [9.17, 15) is 4.79 Å². The normalized spacial score (nSPS) is 14.7. The zero-order chi connectivity index (χ0) is 14.5. The minimum Gasteiger partial charge on any atom is -0.370 e. The van der Waals surface area contributed by atoms with Crippen molar-refractivity contribution in [3.8, 4) is 10.6 Å². The molecular weight excluding hydrogens is 284 g/mol. The fourth-order valence-electron chi connectivity index (χ4n) is 2.44. The maximum atomic E-state index is 11.5. The highest BCUT2D eigenvalue weighted by atomic mass is 32.1. The summed E-state index contributed by atoms with van der Waals surface area (Å²) in [6.45, 7) is 2.55. The smallest absolute Gasteiger partial charge is 0.222 e. The molecule has 0 aliphatic carbocycles. The molecule has 110 valence electrons. The molecule has 2 aromatic rings. The van der Waals surface area contributed by atoms with Crippen LogP contribution in [0.4, 0.5) is 5.82 Å². The molecule has 0 bridgehead atoms. The molecule has 6 heteroatoms. The lowest BCUT2D eigenvalue weighted by atomic mass is 10.3. The van der Waals surface area contributed by atoms with Crippen molar-refractivity contribution in [3.63, 3.8) is 0 Å². The second kappa shape index (κ2) is 6.67. The molecule has 0 unspecified atom stereocenters. The zero-order valence-electron chi connectivity index (χ0n) is 11.8. The lowest BCUT2D eigenvalue weighted by Gasteiger charge is -2.15. The third-order valence-electron chi connectivity index (χ3n) is 3.52. The van der Waals surface area contributed by atoms with Gasteiger partial charge in [-0.3, -0.25) is 4.79 Å². The van der Waals surface area contributed by atoms with Crippen molar-refractivity contribution in [1.82, 2.24) is 14.9 Å². The van der Waals surface area contributed by atoms with Crippen LogP contribution < -0.4 is 5.32 Å². The fraction of sp³-hybridized carbons (Fsp3) is 0.400. The summed E-state index contributed by atoms with van der Waals surface area (Å²) in [4.78, 5) is 23.1. The lowest BCUT2D eigenvalue weighted by molar-refractivity contribution is -0.127. The van der Waals surface area contributed by atoms with E-state index in [0.717, 1.165) is 48.9 Å². The van der Waals surface area contributed by atoms with Gasteiger partial charge in [0.05, 0.1) is 10.6 Å². The van der Waals surface area contributed by atoms with Crippen LogP contribution in [0, 0.1) is 0 Å². The monoisotopic (exact) mass is 302 g/mol. The highest BCUT2D eigenvalue weighted by Gasteiger charge is 2.18. The second-order valence-corrected chi connectivity index (χ2v) is 5.98. The Labute approximate surface area is 128 Å². The van der Waals surface area contributed by atoms with Gasteiger partial charge in [0.2, 0.25) is 5.91 Å². The summed E-state index contributed by atoms with van der Waals surface area (Å²) in [5, 5.41) is 5.34. The maximum Gasteiger partial charge on any atom is 0.222 e. The van der Waals surface area contributed by atoms with Crippen molar-refractivity contribution in [2.75, 3.05) is 25.0 Å². The van der Waals surface area contributed by atoms with Gasteiger partial charge in [-0.05, 0) is 24.3 Å². The maximum absolute atomic E-state index is 11.5. The van der Waals surface area contributed by atoms with E-state index in [-0.39, 0.29) is 5.91 Å². The summed E-state index contributed by atoms with van der Waals surface area (Å²) in [5.74, 6) is 1.12. The first kappa shape index (κ1) is 14.0. The van der Waals surface area contributed by atoms with Gasteiger partial charge in [-0.2, -0.15) is 0 Å². The topological polar surface area (TPSA) is 58.1 Å². The first-order valence-electron chi connectivity index (χ1n) is 7.20. The van der Waals surface area contributed by atoms with Crippen LogP contribution in [0.15, 0.2) is 29.9 Å². The molecule has 1 saturated heterocycles. The number of nitrogens with one attached hydrogen (secondary N) is 1. The summed E-state index contributed by atoms with van der Waals surface area (Å²) in [7, 11) is 0. The Balaban J connectivity index is 1.49. The summed E-state index contributed by atoms with van der Waals surface area (Å²) < 4.78 is 0. The van der Waals surface area contributed by atoms with Crippen molar-refractivity contribution in [2.45, 2.75) is 19.3 Å². The lowest BCUT2D eigenvalue weighted by Crippen LogP contribution is -2.27. The van der Waals surface area contributed by atoms with Crippen LogP contribution in [0.25, 0.3) is 10.6 Å². The van der Waals surface area contributed by atoms with Crippen LogP contribution in [0.2, 0.25) is 0 Å². The quantitative estimate of drug-likeness (QED) is 0.833. The Kier molecular flexibility index (Phi) is 4.45. The van der Waals surface area contributed by atoms with Crippen LogP contribution in [0.3, 0.4) is 0 Å². The highest BCUT2D eigenvalue weighted by molar-refractivity contribution is 7.13. The number of carbonyl (C=O) groups is 1. The van der Waals surface area contributed by atoms with Crippen LogP contribution >= 0.6 is 11.3 Å². The number of likely N-dealkylation sites (tertiary alicyclic amines) is 1. The molecule has 1 aliphatic heterocycles. The average molecular weight is 302 g/mol. The van der Waals surface area contributed by atoms with Gasteiger partial charge in [0.25, 0.3) is 0 Å². The number of carbonyl (C=O) groups excluding carboxylic acids is 1. The van der Waals surface area contributed by atoms with Crippen LogP contribution in [-0.4, -0.2) is 40.4 Å². The van der Waals surface area contributed by atoms with Gasteiger partial charge in [-0.15, -0.1) is 11.3 Å². The van der Waals surface area contributed by atoms with Crippen LogP contribution in [0.1, 0.15) is 19.3 Å². The molecule has 1 aliphatic rings. The molecule has 1 fully saturated rings. The first-order chi connectivity index (χ1) is 10.3. The fourth-order valence-corrected chi connectivity index (χ4v) is 3.13. The molecule has 1 amide bonds. The number of aromatic nitrogens is 2. The summed E-state index contributed by atoms with van der Waals surface area (Å²) in [6.07, 6.45) is 4.23. The predicted molar refractivity (Wildman–Crippen MR) is 84.3 cm³/mol. The van der Waals surface area contributed by atoms with Crippen molar-refractivity contribution in [1.29, 1.82) is 0 Å². The van der Waals surface area contributed by atoms with E-state index in [0.29, 0.717) is 6.42 Å². The Morgan fingerprint density at radius 3 is 3.10 bits per heavy atom. The molecule has 5 nitrogen and oxygen atoms in total. The SMILES string of the molecule is O=C1CCCN1CCCNc1cc(-c2cccs2)ncn1. The van der Waals surface area contributed by atoms with Gasteiger partial charge in [0.1, 0.15) is 12.1 Å². The standard InChI is InChI=1S/C15H18N4OS/c20-15-5-1-7-19(15)8-3-6-16-14-10-12(17-11-18-14)13-4-2-9-21-13/h2,4,9-11H,1,3,5-8H2,(H,16,17,18). The van der Waals surface area contributed by atoms with E-state index in [1.807, 2.05) is 22.4 Å². The van der Waals surface area contributed by atoms with Gasteiger partial charge in [0, 0.05) is 32.1 Å². The van der Waals surface area contributed by atoms with E-state index >= 15 is 0 Å². The molecule has 0 aromatic carbocycles. The van der Waals surface area contributed by atoms with E-state index in [4.69, 9.17) is 0 Å². The van der Waals surface area contributed by atoms with Crippen molar-refractivity contribution >= 4 is 23.1 Å². The number of amides is 1. The molecule has 3 rings (SSSR count). The first-order valence-corrected chi connectivity index (χ1v) is 8.08. The van der Waals surface area contributed by atoms with Crippen LogP contribution in [0.5, 0.6) is 0 Å². The highest BCUT2D eigenvalue weighted by Crippen LogP contribution is 2.23. The minimum absolute atomic E-state index is 0.289. The summed E-state index contributed by atoms with van der Waals surface area (Å²) in [6, 6.07) is 6.03. The molecule has 0 spiro atoms.